The summed E-state index contributed by atoms with van der Waals surface area (Å²) < 4.78 is 10.9. The van der Waals surface area contributed by atoms with Crippen LogP contribution < -0.4 is 15.2 Å². The van der Waals surface area contributed by atoms with Gasteiger partial charge >= 0.3 is 0 Å². The third-order valence-corrected chi connectivity index (χ3v) is 3.01. The Hall–Kier alpha value is -2.16. The minimum Gasteiger partial charge on any atom is -0.497 e. The Labute approximate surface area is 114 Å². The van der Waals surface area contributed by atoms with Gasteiger partial charge in [-0.25, -0.2) is 0 Å². The quantitative estimate of drug-likeness (QED) is 0.836. The summed E-state index contributed by atoms with van der Waals surface area (Å²) in [6, 6.07) is 13.7. The van der Waals surface area contributed by atoms with Gasteiger partial charge in [-0.2, -0.15) is 0 Å². The molecule has 0 aliphatic rings. The van der Waals surface area contributed by atoms with Gasteiger partial charge in [-0.05, 0) is 48.4 Å². The average molecular weight is 257 g/mol. The molecule has 100 valence electrons. The highest BCUT2D eigenvalue weighted by Crippen LogP contribution is 2.20. The van der Waals surface area contributed by atoms with Crippen LogP contribution in [0.2, 0.25) is 0 Å². The van der Waals surface area contributed by atoms with Crippen LogP contribution in [0.1, 0.15) is 11.1 Å². The van der Waals surface area contributed by atoms with E-state index in [1.165, 1.54) is 5.56 Å². The topological polar surface area (TPSA) is 44.5 Å². The highest BCUT2D eigenvalue weighted by atomic mass is 16.5. The second-order valence-electron chi connectivity index (χ2n) is 4.47. The number of nitrogen functional groups attached to an aromatic ring is 1. The van der Waals surface area contributed by atoms with E-state index in [0.29, 0.717) is 6.61 Å². The van der Waals surface area contributed by atoms with Crippen LogP contribution in [-0.2, 0) is 6.42 Å². The zero-order chi connectivity index (χ0) is 13.7. The minimum absolute atomic E-state index is 0.650. The van der Waals surface area contributed by atoms with Crippen molar-refractivity contribution in [3.05, 3.63) is 53.6 Å². The molecule has 0 aliphatic heterocycles. The molecule has 3 nitrogen and oxygen atoms in total. The number of ether oxygens (including phenoxy) is 2. The maximum atomic E-state index is 5.77. The molecule has 0 aliphatic carbocycles. The zero-order valence-electron chi connectivity index (χ0n) is 11.3. The second kappa shape index (κ2) is 6.14. The second-order valence-corrected chi connectivity index (χ2v) is 4.47. The van der Waals surface area contributed by atoms with Gasteiger partial charge in [0.15, 0.2) is 0 Å². The molecule has 0 fully saturated rings. The molecule has 0 atom stereocenters. The van der Waals surface area contributed by atoms with Gasteiger partial charge in [0, 0.05) is 12.1 Å². The van der Waals surface area contributed by atoms with Crippen molar-refractivity contribution in [1.29, 1.82) is 0 Å². The standard InChI is InChI=1S/C16H19NO2/c1-12-11-14(17)5-8-16(12)19-10-9-13-3-6-15(18-2)7-4-13/h3-8,11H,9-10,17H2,1-2H3. The number of hydrogen-bond donors (Lipinski definition) is 1. The molecule has 0 saturated carbocycles. The molecule has 0 unspecified atom stereocenters. The van der Waals surface area contributed by atoms with Crippen molar-refractivity contribution in [2.45, 2.75) is 13.3 Å². The van der Waals surface area contributed by atoms with Crippen LogP contribution in [0, 0.1) is 6.92 Å². The molecule has 0 spiro atoms. The summed E-state index contributed by atoms with van der Waals surface area (Å²) in [7, 11) is 1.67. The Morgan fingerprint density at radius 1 is 1.05 bits per heavy atom. The summed E-state index contributed by atoms with van der Waals surface area (Å²) >= 11 is 0. The third kappa shape index (κ3) is 3.65. The predicted molar refractivity (Wildman–Crippen MR) is 77.8 cm³/mol. The molecule has 0 radical (unpaired) electrons. The third-order valence-electron chi connectivity index (χ3n) is 3.01. The average Bonchev–Trinajstić information content (AvgIpc) is 2.42. The summed E-state index contributed by atoms with van der Waals surface area (Å²) in [5.74, 6) is 1.77. The fourth-order valence-electron chi connectivity index (χ4n) is 1.91. The van der Waals surface area contributed by atoms with Crippen molar-refractivity contribution in [3.8, 4) is 11.5 Å². The van der Waals surface area contributed by atoms with E-state index >= 15 is 0 Å². The monoisotopic (exact) mass is 257 g/mol. The van der Waals surface area contributed by atoms with Crippen LogP contribution >= 0.6 is 0 Å². The molecule has 19 heavy (non-hydrogen) atoms. The Balaban J connectivity index is 1.88. The van der Waals surface area contributed by atoms with E-state index < -0.39 is 0 Å². The first kappa shape index (κ1) is 13.3. The van der Waals surface area contributed by atoms with Crippen LogP contribution in [0.5, 0.6) is 11.5 Å². The highest BCUT2D eigenvalue weighted by Gasteiger charge is 2.00. The largest absolute Gasteiger partial charge is 0.497 e. The van der Waals surface area contributed by atoms with E-state index in [0.717, 1.165) is 29.2 Å². The van der Waals surface area contributed by atoms with Gasteiger partial charge in [-0.15, -0.1) is 0 Å². The molecule has 0 heterocycles. The van der Waals surface area contributed by atoms with Crippen LogP contribution in [0.3, 0.4) is 0 Å². The van der Waals surface area contributed by atoms with Crippen molar-refractivity contribution < 1.29 is 9.47 Å². The summed E-state index contributed by atoms with van der Waals surface area (Å²) in [4.78, 5) is 0. The summed E-state index contributed by atoms with van der Waals surface area (Å²) in [6.07, 6.45) is 0.869. The Morgan fingerprint density at radius 3 is 2.42 bits per heavy atom. The molecule has 0 bridgehead atoms. The van der Waals surface area contributed by atoms with Gasteiger partial charge in [-0.1, -0.05) is 12.1 Å². The predicted octanol–water partition coefficient (Wildman–Crippen LogP) is 3.21. The lowest BCUT2D eigenvalue weighted by Crippen LogP contribution is -2.02. The molecule has 2 rings (SSSR count). The van der Waals surface area contributed by atoms with Crippen LogP contribution in [0.15, 0.2) is 42.5 Å². The molecule has 3 heteroatoms. The SMILES string of the molecule is COc1ccc(CCOc2ccc(N)cc2C)cc1. The van der Waals surface area contributed by atoms with Crippen molar-refractivity contribution in [2.24, 2.45) is 0 Å². The molecular weight excluding hydrogens is 238 g/mol. The van der Waals surface area contributed by atoms with Gasteiger partial charge in [0.25, 0.3) is 0 Å². The number of anilines is 1. The Kier molecular flexibility index (Phi) is 4.29. The maximum Gasteiger partial charge on any atom is 0.122 e. The first-order valence-corrected chi connectivity index (χ1v) is 6.31. The van der Waals surface area contributed by atoms with Crippen molar-refractivity contribution in [2.75, 3.05) is 19.5 Å². The van der Waals surface area contributed by atoms with Crippen molar-refractivity contribution in [1.82, 2.24) is 0 Å². The summed E-state index contributed by atoms with van der Waals surface area (Å²) in [5, 5.41) is 0. The lowest BCUT2D eigenvalue weighted by atomic mass is 10.1. The van der Waals surface area contributed by atoms with E-state index in [9.17, 15) is 0 Å². The molecule has 2 aromatic rings. The number of benzene rings is 2. The maximum absolute atomic E-state index is 5.77. The first-order chi connectivity index (χ1) is 9.19. The van der Waals surface area contributed by atoms with Crippen LogP contribution in [-0.4, -0.2) is 13.7 Å². The molecule has 0 amide bonds. The van der Waals surface area contributed by atoms with E-state index in [2.05, 4.69) is 12.1 Å². The van der Waals surface area contributed by atoms with Crippen LogP contribution in [0.4, 0.5) is 5.69 Å². The fraction of sp³-hybridized carbons (Fsp3) is 0.250. The lowest BCUT2D eigenvalue weighted by Gasteiger charge is -2.10. The van der Waals surface area contributed by atoms with Gasteiger partial charge in [0.05, 0.1) is 13.7 Å². The van der Waals surface area contributed by atoms with E-state index in [1.807, 2.05) is 37.3 Å². The molecule has 0 saturated heterocycles. The van der Waals surface area contributed by atoms with Gasteiger partial charge in [-0.3, -0.25) is 0 Å². The fourth-order valence-corrected chi connectivity index (χ4v) is 1.91. The molecule has 2 N–H and O–H groups in total. The number of methoxy groups -OCH3 is 1. The van der Waals surface area contributed by atoms with Crippen molar-refractivity contribution in [3.63, 3.8) is 0 Å². The van der Waals surface area contributed by atoms with E-state index in [-0.39, 0.29) is 0 Å². The molecular formula is C16H19NO2. The van der Waals surface area contributed by atoms with Crippen LogP contribution in [0.25, 0.3) is 0 Å². The minimum atomic E-state index is 0.650. The zero-order valence-corrected chi connectivity index (χ0v) is 11.3. The van der Waals surface area contributed by atoms with E-state index in [4.69, 9.17) is 15.2 Å². The Bertz CT molecular complexity index is 535. The van der Waals surface area contributed by atoms with Crippen molar-refractivity contribution >= 4 is 5.69 Å². The van der Waals surface area contributed by atoms with Gasteiger partial charge < -0.3 is 15.2 Å². The molecule has 2 aromatic carbocycles. The lowest BCUT2D eigenvalue weighted by molar-refractivity contribution is 0.320. The number of aryl methyl sites for hydroxylation is 1. The van der Waals surface area contributed by atoms with Gasteiger partial charge in [0.2, 0.25) is 0 Å². The van der Waals surface area contributed by atoms with Gasteiger partial charge in [0.1, 0.15) is 11.5 Å². The summed E-state index contributed by atoms with van der Waals surface area (Å²) in [5.41, 5.74) is 8.77. The summed E-state index contributed by atoms with van der Waals surface area (Å²) in [6.45, 7) is 2.65. The Morgan fingerprint density at radius 2 is 1.79 bits per heavy atom. The molecule has 0 aromatic heterocycles. The van der Waals surface area contributed by atoms with E-state index in [1.54, 1.807) is 7.11 Å². The smallest absolute Gasteiger partial charge is 0.122 e. The number of hydrogen-bond acceptors (Lipinski definition) is 3. The number of nitrogens with two attached hydrogens (primary N) is 1. The first-order valence-electron chi connectivity index (χ1n) is 6.31. The number of rotatable bonds is 5. The normalized spacial score (nSPS) is 10.2. The highest BCUT2D eigenvalue weighted by molar-refractivity contribution is 5.47.